The fourth-order valence-electron chi connectivity index (χ4n) is 5.97. The van der Waals surface area contributed by atoms with E-state index in [0.29, 0.717) is 11.7 Å². The SMILES string of the molecule is CC(C)(C)OC(=O)N1CC(=O)C[C@H]1C(=O)N[C@@H](CSCC1CCCCC1)C(=O)NC1CCN(Cc2ccccc2)CC1.Cl. The van der Waals surface area contributed by atoms with Gasteiger partial charge in [0.2, 0.25) is 11.8 Å². The quantitative estimate of drug-likeness (QED) is 0.388. The van der Waals surface area contributed by atoms with E-state index in [1.165, 1.54) is 42.6 Å². The third kappa shape index (κ3) is 11.3. The number of nitrogens with one attached hydrogen (secondary N) is 2. The molecular formula is C32H49ClN4O5S. The van der Waals surface area contributed by atoms with Crippen LogP contribution in [-0.2, 0) is 25.7 Å². The number of Topliss-reactive ketones (excluding diaryl/α,β-unsaturated/α-hetero) is 1. The van der Waals surface area contributed by atoms with Crippen molar-refractivity contribution in [1.82, 2.24) is 20.4 Å². The Bertz CT molecular complexity index is 1070. The van der Waals surface area contributed by atoms with Crippen LogP contribution in [0.5, 0.6) is 0 Å². The van der Waals surface area contributed by atoms with Crippen molar-refractivity contribution in [2.24, 2.45) is 5.92 Å². The first kappa shape index (κ1) is 35.2. The van der Waals surface area contributed by atoms with E-state index in [2.05, 4.69) is 39.8 Å². The zero-order valence-electron chi connectivity index (χ0n) is 25.8. The first-order valence-electron chi connectivity index (χ1n) is 15.5. The van der Waals surface area contributed by atoms with Crippen LogP contribution in [0.15, 0.2) is 30.3 Å². The van der Waals surface area contributed by atoms with Crippen LogP contribution in [0.1, 0.15) is 77.7 Å². The van der Waals surface area contributed by atoms with Gasteiger partial charge in [-0.3, -0.25) is 24.2 Å². The molecule has 2 N–H and O–H groups in total. The summed E-state index contributed by atoms with van der Waals surface area (Å²) in [6.45, 7) is 7.74. The molecule has 1 aromatic carbocycles. The molecule has 0 unspecified atom stereocenters. The minimum Gasteiger partial charge on any atom is -0.444 e. The van der Waals surface area contributed by atoms with Gasteiger partial charge in [-0.1, -0.05) is 49.6 Å². The van der Waals surface area contributed by atoms with E-state index in [1.807, 2.05) is 6.07 Å². The average molecular weight is 637 g/mol. The molecule has 2 aliphatic heterocycles. The normalized spacial score (nSPS) is 21.1. The van der Waals surface area contributed by atoms with Gasteiger partial charge in [-0.15, -0.1) is 12.4 Å². The fraction of sp³-hybridized carbons (Fsp3) is 0.688. The van der Waals surface area contributed by atoms with Gasteiger partial charge in [-0.2, -0.15) is 11.8 Å². The summed E-state index contributed by atoms with van der Waals surface area (Å²) < 4.78 is 5.45. The van der Waals surface area contributed by atoms with E-state index in [1.54, 1.807) is 32.5 Å². The molecule has 1 saturated carbocycles. The van der Waals surface area contributed by atoms with Crippen molar-refractivity contribution in [2.75, 3.05) is 31.1 Å². The Morgan fingerprint density at radius 1 is 1.02 bits per heavy atom. The summed E-state index contributed by atoms with van der Waals surface area (Å²) >= 11 is 1.70. The van der Waals surface area contributed by atoms with Crippen molar-refractivity contribution in [1.29, 1.82) is 0 Å². The molecule has 43 heavy (non-hydrogen) atoms. The van der Waals surface area contributed by atoms with Crippen LogP contribution in [0, 0.1) is 5.92 Å². The van der Waals surface area contributed by atoms with Crippen molar-refractivity contribution in [3.8, 4) is 0 Å². The van der Waals surface area contributed by atoms with Gasteiger partial charge in [0.25, 0.3) is 0 Å². The molecule has 0 spiro atoms. The summed E-state index contributed by atoms with van der Waals surface area (Å²) in [5, 5.41) is 6.11. The lowest BCUT2D eigenvalue weighted by Gasteiger charge is -2.33. The number of hydrogen-bond donors (Lipinski definition) is 2. The number of hydrogen-bond acceptors (Lipinski definition) is 7. The Hall–Kier alpha value is -2.30. The molecule has 2 heterocycles. The fourth-order valence-corrected chi connectivity index (χ4v) is 7.25. The molecule has 1 aliphatic carbocycles. The van der Waals surface area contributed by atoms with Crippen LogP contribution in [0.2, 0.25) is 0 Å². The van der Waals surface area contributed by atoms with Gasteiger partial charge < -0.3 is 15.4 Å². The Balaban J connectivity index is 0.00000506. The standard InChI is InChI=1S/C32H48N4O5S.ClH/c1-32(2,3)41-31(40)36-20-26(37)18-28(36)30(39)34-27(22-42-21-24-12-8-5-9-13-24)29(38)33-25-14-16-35(17-15-25)19-23-10-6-4-7-11-23;/h4,6-7,10-11,24-25,27-28H,5,8-9,12-22H2,1-3H3,(H,33,38)(H,34,39);1H/t27-,28-;/m0./s1. The third-order valence-electron chi connectivity index (χ3n) is 8.25. The molecule has 240 valence electrons. The number of rotatable bonds is 10. The zero-order valence-corrected chi connectivity index (χ0v) is 27.5. The summed E-state index contributed by atoms with van der Waals surface area (Å²) in [6, 6.07) is 8.71. The molecule has 3 amide bonds. The summed E-state index contributed by atoms with van der Waals surface area (Å²) in [7, 11) is 0. The molecule has 0 bridgehead atoms. The summed E-state index contributed by atoms with van der Waals surface area (Å²) in [5.74, 6) is 1.18. The Morgan fingerprint density at radius 3 is 2.35 bits per heavy atom. The number of likely N-dealkylation sites (tertiary alicyclic amines) is 2. The van der Waals surface area contributed by atoms with Crippen LogP contribution in [-0.4, -0.2) is 88.4 Å². The Labute approximate surface area is 267 Å². The van der Waals surface area contributed by atoms with Gasteiger partial charge in [-0.25, -0.2) is 4.79 Å². The number of halogens is 1. The highest BCUT2D eigenvalue weighted by molar-refractivity contribution is 7.99. The predicted octanol–water partition coefficient (Wildman–Crippen LogP) is 4.57. The minimum atomic E-state index is -0.979. The van der Waals surface area contributed by atoms with Gasteiger partial charge in [0.15, 0.2) is 5.78 Å². The number of ketones is 1. The average Bonchev–Trinajstić information content (AvgIpc) is 3.36. The van der Waals surface area contributed by atoms with Gasteiger partial charge >= 0.3 is 6.09 Å². The highest BCUT2D eigenvalue weighted by Crippen LogP contribution is 2.27. The molecule has 1 aromatic rings. The van der Waals surface area contributed by atoms with E-state index in [9.17, 15) is 19.2 Å². The Kier molecular flexibility index (Phi) is 13.6. The van der Waals surface area contributed by atoms with Gasteiger partial charge in [-0.05, 0) is 63.7 Å². The van der Waals surface area contributed by atoms with Crippen molar-refractivity contribution in [3.05, 3.63) is 35.9 Å². The molecule has 2 saturated heterocycles. The van der Waals surface area contributed by atoms with E-state index < -0.39 is 29.7 Å². The highest BCUT2D eigenvalue weighted by atomic mass is 35.5. The summed E-state index contributed by atoms with van der Waals surface area (Å²) in [5.41, 5.74) is 0.530. The molecular weight excluding hydrogens is 588 g/mol. The Morgan fingerprint density at radius 2 is 1.70 bits per heavy atom. The number of thioether (sulfide) groups is 1. The lowest BCUT2D eigenvalue weighted by atomic mass is 9.91. The van der Waals surface area contributed by atoms with Crippen molar-refractivity contribution in [3.63, 3.8) is 0 Å². The number of carbonyl (C=O) groups excluding carboxylic acids is 4. The first-order chi connectivity index (χ1) is 20.1. The topological polar surface area (TPSA) is 108 Å². The van der Waals surface area contributed by atoms with Crippen molar-refractivity contribution >= 4 is 47.9 Å². The highest BCUT2D eigenvalue weighted by Gasteiger charge is 2.42. The van der Waals surface area contributed by atoms with E-state index >= 15 is 0 Å². The molecule has 11 heteroatoms. The largest absolute Gasteiger partial charge is 0.444 e. The summed E-state index contributed by atoms with van der Waals surface area (Å²) in [4.78, 5) is 55.7. The summed E-state index contributed by atoms with van der Waals surface area (Å²) in [6.07, 6.45) is 7.16. The molecule has 4 rings (SSSR count). The lowest BCUT2D eigenvalue weighted by Crippen LogP contribution is -2.56. The maximum absolute atomic E-state index is 13.6. The smallest absolute Gasteiger partial charge is 0.411 e. The second-order valence-corrected chi connectivity index (χ2v) is 14.1. The lowest BCUT2D eigenvalue weighted by molar-refractivity contribution is -0.131. The zero-order chi connectivity index (χ0) is 30.1. The van der Waals surface area contributed by atoms with Crippen molar-refractivity contribution < 1.29 is 23.9 Å². The minimum absolute atomic E-state index is 0. The van der Waals surface area contributed by atoms with Crippen LogP contribution in [0.3, 0.4) is 0 Å². The predicted molar refractivity (Wildman–Crippen MR) is 172 cm³/mol. The van der Waals surface area contributed by atoms with Gasteiger partial charge in [0.05, 0.1) is 6.54 Å². The van der Waals surface area contributed by atoms with E-state index in [4.69, 9.17) is 4.74 Å². The molecule has 2 atom stereocenters. The number of carbonyl (C=O) groups is 4. The molecule has 9 nitrogen and oxygen atoms in total. The second kappa shape index (κ2) is 16.7. The van der Waals surface area contributed by atoms with E-state index in [0.717, 1.165) is 38.2 Å². The number of piperidine rings is 1. The number of benzene rings is 1. The van der Waals surface area contributed by atoms with Gasteiger partial charge in [0, 0.05) is 37.8 Å². The maximum Gasteiger partial charge on any atom is 0.411 e. The molecule has 3 aliphatic rings. The van der Waals surface area contributed by atoms with Crippen LogP contribution < -0.4 is 10.6 Å². The second-order valence-electron chi connectivity index (χ2n) is 13.0. The maximum atomic E-state index is 13.6. The number of nitrogens with zero attached hydrogens (tertiary/aromatic N) is 2. The number of amides is 3. The monoisotopic (exact) mass is 636 g/mol. The van der Waals surface area contributed by atoms with Crippen LogP contribution >= 0.6 is 24.2 Å². The van der Waals surface area contributed by atoms with Crippen LogP contribution in [0.4, 0.5) is 4.79 Å². The van der Waals surface area contributed by atoms with E-state index in [-0.39, 0.29) is 43.1 Å². The molecule has 3 fully saturated rings. The molecule has 0 radical (unpaired) electrons. The number of ether oxygens (including phenoxy) is 1. The van der Waals surface area contributed by atoms with Gasteiger partial charge in [0.1, 0.15) is 17.7 Å². The van der Waals surface area contributed by atoms with Crippen molar-refractivity contribution in [2.45, 2.75) is 102 Å². The third-order valence-corrected chi connectivity index (χ3v) is 9.53. The molecule has 0 aromatic heterocycles. The van der Waals surface area contributed by atoms with Crippen LogP contribution in [0.25, 0.3) is 0 Å². The first-order valence-corrected chi connectivity index (χ1v) is 16.7.